The molecule has 8 nitrogen and oxygen atoms in total. The van der Waals surface area contributed by atoms with Crippen LogP contribution in [0.15, 0.2) is 48.5 Å². The van der Waals surface area contributed by atoms with Gasteiger partial charge in [0, 0.05) is 30.1 Å². The molecule has 0 heterocycles. The molecule has 2 amide bonds. The zero-order valence-corrected chi connectivity index (χ0v) is 24.0. The summed E-state index contributed by atoms with van der Waals surface area (Å²) < 4.78 is 31.7. The van der Waals surface area contributed by atoms with Gasteiger partial charge in [-0.05, 0) is 76.9 Å². The van der Waals surface area contributed by atoms with Gasteiger partial charge < -0.3 is 15.0 Å². The van der Waals surface area contributed by atoms with E-state index >= 15 is 0 Å². The quantitative estimate of drug-likeness (QED) is 0.415. The first-order valence-corrected chi connectivity index (χ1v) is 14.5. The lowest BCUT2D eigenvalue weighted by molar-refractivity contribution is -0.141. The van der Waals surface area contributed by atoms with Crippen LogP contribution in [0.25, 0.3) is 0 Å². The van der Waals surface area contributed by atoms with Crippen LogP contribution in [0.5, 0.6) is 5.75 Å². The molecule has 0 unspecified atom stereocenters. The van der Waals surface area contributed by atoms with E-state index in [0.29, 0.717) is 23.1 Å². The Morgan fingerprint density at radius 3 is 2.24 bits per heavy atom. The standard InChI is InChI=1S/C27H38ClN3O5S/c1-7-36-23-16-14-22(15-17-23)31(37(6,34)35)18-10-13-25(32)30(19-21-11-8-9-12-24(21)28)20(2)26(33)29-27(3,4)5/h8-9,11-12,14-17,20H,7,10,13,18-19H2,1-6H3,(H,29,33)/t20-/m0/s1. The van der Waals surface area contributed by atoms with Crippen LogP contribution in [0.2, 0.25) is 5.02 Å². The first kappa shape index (κ1) is 30.4. The number of anilines is 1. The van der Waals surface area contributed by atoms with Crippen molar-refractivity contribution in [3.8, 4) is 5.75 Å². The summed E-state index contributed by atoms with van der Waals surface area (Å²) in [7, 11) is -3.58. The van der Waals surface area contributed by atoms with Crippen molar-refractivity contribution in [3.63, 3.8) is 0 Å². The number of sulfonamides is 1. The van der Waals surface area contributed by atoms with Gasteiger partial charge in [-0.2, -0.15) is 0 Å². The van der Waals surface area contributed by atoms with Crippen molar-refractivity contribution in [3.05, 3.63) is 59.1 Å². The van der Waals surface area contributed by atoms with Gasteiger partial charge in [-0.1, -0.05) is 29.8 Å². The van der Waals surface area contributed by atoms with E-state index < -0.39 is 21.6 Å². The zero-order valence-electron chi connectivity index (χ0n) is 22.5. The van der Waals surface area contributed by atoms with Gasteiger partial charge in [-0.15, -0.1) is 0 Å². The highest BCUT2D eigenvalue weighted by Gasteiger charge is 2.29. The van der Waals surface area contributed by atoms with E-state index in [9.17, 15) is 18.0 Å². The lowest BCUT2D eigenvalue weighted by Gasteiger charge is -2.32. The second-order valence-electron chi connectivity index (χ2n) is 9.89. The van der Waals surface area contributed by atoms with Crippen LogP contribution in [0, 0.1) is 0 Å². The first-order chi connectivity index (χ1) is 17.2. The van der Waals surface area contributed by atoms with Gasteiger partial charge in [0.1, 0.15) is 11.8 Å². The van der Waals surface area contributed by atoms with Crippen molar-refractivity contribution < 1.29 is 22.7 Å². The van der Waals surface area contributed by atoms with Gasteiger partial charge in [-0.25, -0.2) is 8.42 Å². The third-order valence-corrected chi connectivity index (χ3v) is 7.11. The van der Waals surface area contributed by atoms with E-state index in [4.69, 9.17) is 16.3 Å². The Balaban J connectivity index is 2.19. The Morgan fingerprint density at radius 2 is 1.70 bits per heavy atom. The average Bonchev–Trinajstić information content (AvgIpc) is 2.80. The Morgan fingerprint density at radius 1 is 1.08 bits per heavy atom. The number of nitrogens with one attached hydrogen (secondary N) is 1. The molecule has 2 rings (SSSR count). The van der Waals surface area contributed by atoms with Crippen LogP contribution in [0.3, 0.4) is 0 Å². The van der Waals surface area contributed by atoms with Crippen molar-refractivity contribution in [2.75, 3.05) is 23.7 Å². The number of amides is 2. The zero-order chi connectivity index (χ0) is 27.8. The monoisotopic (exact) mass is 551 g/mol. The summed E-state index contributed by atoms with van der Waals surface area (Å²) in [5.41, 5.74) is 0.752. The number of halogens is 1. The summed E-state index contributed by atoms with van der Waals surface area (Å²) in [5.74, 6) is 0.101. The van der Waals surface area contributed by atoms with E-state index in [1.807, 2.05) is 39.8 Å². The molecule has 0 fully saturated rings. The SMILES string of the molecule is CCOc1ccc(N(CCCC(=O)N(Cc2ccccc2Cl)[C@@H](C)C(=O)NC(C)(C)C)S(C)(=O)=O)cc1. The molecule has 0 aliphatic carbocycles. The Kier molecular flexibility index (Phi) is 10.8. The molecule has 204 valence electrons. The summed E-state index contributed by atoms with van der Waals surface area (Å²) in [6.45, 7) is 9.95. The summed E-state index contributed by atoms with van der Waals surface area (Å²) in [6.07, 6.45) is 1.46. The molecular weight excluding hydrogens is 514 g/mol. The molecule has 0 aromatic heterocycles. The number of hydrogen-bond acceptors (Lipinski definition) is 5. The van der Waals surface area contributed by atoms with E-state index in [-0.39, 0.29) is 37.7 Å². The van der Waals surface area contributed by atoms with Crippen LogP contribution in [-0.4, -0.2) is 56.1 Å². The topological polar surface area (TPSA) is 96.0 Å². The van der Waals surface area contributed by atoms with Crippen molar-refractivity contribution in [1.82, 2.24) is 10.2 Å². The largest absolute Gasteiger partial charge is 0.494 e. The third kappa shape index (κ3) is 9.55. The molecule has 0 radical (unpaired) electrons. The molecule has 10 heteroatoms. The number of carbonyl (C=O) groups excluding carboxylic acids is 2. The van der Waals surface area contributed by atoms with Crippen LogP contribution >= 0.6 is 11.6 Å². The van der Waals surface area contributed by atoms with Gasteiger partial charge in [0.15, 0.2) is 0 Å². The Hall–Kier alpha value is -2.78. The van der Waals surface area contributed by atoms with Crippen LogP contribution in [0.1, 0.15) is 53.0 Å². The van der Waals surface area contributed by atoms with E-state index in [1.165, 1.54) is 9.21 Å². The second kappa shape index (κ2) is 13.1. The molecule has 2 aromatic rings. The smallest absolute Gasteiger partial charge is 0.242 e. The van der Waals surface area contributed by atoms with Crippen LogP contribution in [0.4, 0.5) is 5.69 Å². The molecule has 37 heavy (non-hydrogen) atoms. The molecule has 0 spiro atoms. The average molecular weight is 552 g/mol. The van der Waals surface area contributed by atoms with Crippen molar-refractivity contribution in [1.29, 1.82) is 0 Å². The minimum Gasteiger partial charge on any atom is -0.494 e. The maximum atomic E-state index is 13.4. The van der Waals surface area contributed by atoms with Gasteiger partial charge >= 0.3 is 0 Å². The molecule has 1 N–H and O–H groups in total. The summed E-state index contributed by atoms with van der Waals surface area (Å²) in [5, 5.41) is 3.42. The maximum absolute atomic E-state index is 13.4. The maximum Gasteiger partial charge on any atom is 0.242 e. The number of ether oxygens (including phenoxy) is 1. The predicted octanol–water partition coefficient (Wildman–Crippen LogP) is 4.62. The third-order valence-electron chi connectivity index (χ3n) is 5.55. The summed E-state index contributed by atoms with van der Waals surface area (Å²) in [4.78, 5) is 27.8. The number of rotatable bonds is 12. The molecule has 0 saturated carbocycles. The van der Waals surface area contributed by atoms with Crippen molar-refractivity contribution in [2.45, 2.75) is 65.6 Å². The fraction of sp³-hybridized carbons (Fsp3) is 0.481. The molecular formula is C27H38ClN3O5S. The second-order valence-corrected chi connectivity index (χ2v) is 12.2. The highest BCUT2D eigenvalue weighted by atomic mass is 35.5. The van der Waals surface area contributed by atoms with E-state index in [2.05, 4.69) is 5.32 Å². The van der Waals surface area contributed by atoms with Gasteiger partial charge in [0.05, 0.1) is 18.6 Å². The Bertz CT molecular complexity index is 1160. The summed E-state index contributed by atoms with van der Waals surface area (Å²) in [6, 6.07) is 13.2. The molecule has 1 atom stereocenters. The minimum absolute atomic E-state index is 0.0562. The van der Waals surface area contributed by atoms with Gasteiger partial charge in [0.2, 0.25) is 21.8 Å². The van der Waals surface area contributed by atoms with E-state index in [1.54, 1.807) is 43.3 Å². The normalized spacial score (nSPS) is 12.5. The van der Waals surface area contributed by atoms with E-state index in [0.717, 1.165) is 11.8 Å². The Labute approximate surface area is 226 Å². The minimum atomic E-state index is -3.58. The van der Waals surface area contributed by atoms with Gasteiger partial charge in [-0.3, -0.25) is 13.9 Å². The number of hydrogen-bond donors (Lipinski definition) is 1. The lowest BCUT2D eigenvalue weighted by Crippen LogP contribution is -2.52. The summed E-state index contributed by atoms with van der Waals surface area (Å²) >= 11 is 6.34. The molecule has 0 saturated heterocycles. The van der Waals surface area contributed by atoms with Crippen molar-refractivity contribution >= 4 is 39.1 Å². The van der Waals surface area contributed by atoms with Crippen LogP contribution < -0.4 is 14.4 Å². The highest BCUT2D eigenvalue weighted by molar-refractivity contribution is 7.92. The first-order valence-electron chi connectivity index (χ1n) is 12.3. The fourth-order valence-corrected chi connectivity index (χ4v) is 4.91. The number of carbonyl (C=O) groups is 2. The fourth-order valence-electron chi connectivity index (χ4n) is 3.75. The van der Waals surface area contributed by atoms with Crippen molar-refractivity contribution in [2.24, 2.45) is 0 Å². The number of nitrogens with zero attached hydrogens (tertiary/aromatic N) is 2. The highest BCUT2D eigenvalue weighted by Crippen LogP contribution is 2.23. The lowest BCUT2D eigenvalue weighted by atomic mass is 10.1. The molecule has 2 aromatic carbocycles. The molecule has 0 aliphatic rings. The predicted molar refractivity (Wildman–Crippen MR) is 148 cm³/mol. The van der Waals surface area contributed by atoms with Gasteiger partial charge in [0.25, 0.3) is 0 Å². The molecule has 0 bridgehead atoms. The number of benzene rings is 2. The van der Waals surface area contributed by atoms with Crippen LogP contribution in [-0.2, 0) is 26.2 Å². The molecule has 0 aliphatic heterocycles.